The molecule has 0 radical (unpaired) electrons. The molecule has 0 aliphatic carbocycles. The Bertz CT molecular complexity index is 643. The summed E-state index contributed by atoms with van der Waals surface area (Å²) in [7, 11) is 0. The first kappa shape index (κ1) is 15.1. The van der Waals surface area contributed by atoms with Gasteiger partial charge in [0, 0.05) is 5.02 Å². The Labute approximate surface area is 130 Å². The van der Waals surface area contributed by atoms with Crippen molar-refractivity contribution in [2.45, 2.75) is 19.8 Å². The largest absolute Gasteiger partial charge is 0.477 e. The molecular formula is C13H12Cl2N2O2S. The van der Waals surface area contributed by atoms with Crippen LogP contribution in [0, 0.1) is 0 Å². The Balaban J connectivity index is 2.29. The molecule has 0 bridgehead atoms. The molecule has 0 fully saturated rings. The highest BCUT2D eigenvalue weighted by Crippen LogP contribution is 2.31. The van der Waals surface area contributed by atoms with Gasteiger partial charge in [-0.15, -0.1) is 0 Å². The highest BCUT2D eigenvalue weighted by Gasteiger charge is 2.17. The van der Waals surface area contributed by atoms with Crippen molar-refractivity contribution in [3.8, 4) is 0 Å². The van der Waals surface area contributed by atoms with Crippen molar-refractivity contribution in [1.29, 1.82) is 0 Å². The van der Waals surface area contributed by atoms with Crippen LogP contribution < -0.4 is 5.32 Å². The summed E-state index contributed by atoms with van der Waals surface area (Å²) < 4.78 is 0. The number of aryl methyl sites for hydroxylation is 1. The predicted molar refractivity (Wildman–Crippen MR) is 82.8 cm³/mol. The van der Waals surface area contributed by atoms with E-state index < -0.39 is 5.97 Å². The number of carboxylic acids is 1. The number of nitrogens with one attached hydrogen (secondary N) is 1. The Morgan fingerprint density at radius 2 is 2.20 bits per heavy atom. The Morgan fingerprint density at radius 1 is 1.45 bits per heavy atom. The number of hydrogen-bond donors (Lipinski definition) is 2. The first-order chi connectivity index (χ1) is 9.51. The molecule has 7 heteroatoms. The number of carbonyl (C=O) groups is 1. The van der Waals surface area contributed by atoms with E-state index in [1.165, 1.54) is 0 Å². The molecule has 0 aliphatic heterocycles. The van der Waals surface area contributed by atoms with Crippen LogP contribution in [-0.4, -0.2) is 16.1 Å². The summed E-state index contributed by atoms with van der Waals surface area (Å²) in [4.78, 5) is 15.8. The molecule has 0 saturated carbocycles. The van der Waals surface area contributed by atoms with Crippen LogP contribution in [0.3, 0.4) is 0 Å². The maximum absolute atomic E-state index is 11.2. The second-order valence-corrected chi connectivity index (χ2v) is 5.94. The number of thiazole rings is 1. The molecule has 2 aromatic rings. The summed E-state index contributed by atoms with van der Waals surface area (Å²) in [5.41, 5.74) is 1.24. The Kier molecular flexibility index (Phi) is 4.86. The molecule has 0 amide bonds. The highest BCUT2D eigenvalue weighted by molar-refractivity contribution is 7.17. The van der Waals surface area contributed by atoms with Gasteiger partial charge in [0.15, 0.2) is 5.13 Å². The summed E-state index contributed by atoms with van der Waals surface area (Å²) in [6, 6.07) is 5.05. The van der Waals surface area contributed by atoms with E-state index in [2.05, 4.69) is 10.3 Å². The summed E-state index contributed by atoms with van der Waals surface area (Å²) in [6.07, 6.45) is 1.47. The molecule has 1 aromatic carbocycles. The van der Waals surface area contributed by atoms with Gasteiger partial charge in [-0.1, -0.05) is 47.9 Å². The Morgan fingerprint density at radius 3 is 2.80 bits per heavy atom. The van der Waals surface area contributed by atoms with E-state index in [1.54, 1.807) is 18.2 Å². The normalized spacial score (nSPS) is 10.6. The number of benzene rings is 1. The quantitative estimate of drug-likeness (QED) is 0.822. The SMILES string of the molecule is CCCc1nc(Nc2ccc(Cl)cc2Cl)sc1C(=O)O. The third-order valence-corrected chi connectivity index (χ3v) is 4.10. The van der Waals surface area contributed by atoms with Gasteiger partial charge in [-0.2, -0.15) is 0 Å². The van der Waals surface area contributed by atoms with E-state index in [4.69, 9.17) is 28.3 Å². The molecule has 0 atom stereocenters. The van der Waals surface area contributed by atoms with Crippen LogP contribution in [-0.2, 0) is 6.42 Å². The van der Waals surface area contributed by atoms with Gasteiger partial charge in [-0.25, -0.2) is 9.78 Å². The number of anilines is 2. The monoisotopic (exact) mass is 330 g/mol. The Hall–Kier alpha value is -1.30. The van der Waals surface area contributed by atoms with Crippen molar-refractivity contribution in [2.75, 3.05) is 5.32 Å². The molecule has 106 valence electrons. The van der Waals surface area contributed by atoms with Crippen LogP contribution >= 0.6 is 34.5 Å². The average molecular weight is 331 g/mol. The smallest absolute Gasteiger partial charge is 0.347 e. The number of rotatable bonds is 5. The van der Waals surface area contributed by atoms with Crippen LogP contribution in [0.15, 0.2) is 18.2 Å². The van der Waals surface area contributed by atoms with Gasteiger partial charge in [0.25, 0.3) is 0 Å². The van der Waals surface area contributed by atoms with E-state index in [0.717, 1.165) is 17.8 Å². The van der Waals surface area contributed by atoms with E-state index in [1.807, 2.05) is 6.92 Å². The summed E-state index contributed by atoms with van der Waals surface area (Å²) in [5.74, 6) is -0.957. The van der Waals surface area contributed by atoms with Gasteiger partial charge in [0.05, 0.1) is 16.4 Å². The first-order valence-electron chi connectivity index (χ1n) is 5.96. The minimum absolute atomic E-state index is 0.263. The van der Waals surface area contributed by atoms with Crippen LogP contribution in [0.1, 0.15) is 28.7 Å². The van der Waals surface area contributed by atoms with E-state index in [0.29, 0.717) is 33.0 Å². The molecule has 1 aromatic heterocycles. The molecule has 0 saturated heterocycles. The van der Waals surface area contributed by atoms with Gasteiger partial charge in [-0.3, -0.25) is 0 Å². The van der Waals surface area contributed by atoms with Gasteiger partial charge in [0.2, 0.25) is 0 Å². The van der Waals surface area contributed by atoms with Crippen molar-refractivity contribution < 1.29 is 9.90 Å². The summed E-state index contributed by atoms with van der Waals surface area (Å²) >= 11 is 13.0. The number of aromatic carboxylic acids is 1. The lowest BCUT2D eigenvalue weighted by Gasteiger charge is -2.04. The molecule has 2 N–H and O–H groups in total. The average Bonchev–Trinajstić information content (AvgIpc) is 2.76. The van der Waals surface area contributed by atoms with E-state index >= 15 is 0 Å². The van der Waals surface area contributed by atoms with Gasteiger partial charge in [0.1, 0.15) is 4.88 Å². The van der Waals surface area contributed by atoms with Crippen LogP contribution in [0.4, 0.5) is 10.8 Å². The van der Waals surface area contributed by atoms with Gasteiger partial charge < -0.3 is 10.4 Å². The maximum atomic E-state index is 11.2. The molecule has 4 nitrogen and oxygen atoms in total. The number of halogens is 2. The fourth-order valence-corrected chi connectivity index (χ4v) is 3.00. The van der Waals surface area contributed by atoms with Crippen molar-refractivity contribution in [3.63, 3.8) is 0 Å². The van der Waals surface area contributed by atoms with Crippen molar-refractivity contribution in [2.24, 2.45) is 0 Å². The highest BCUT2D eigenvalue weighted by atomic mass is 35.5. The van der Waals surface area contributed by atoms with Crippen LogP contribution in [0.5, 0.6) is 0 Å². The zero-order valence-corrected chi connectivity index (χ0v) is 12.9. The zero-order chi connectivity index (χ0) is 14.7. The molecule has 0 aliphatic rings. The molecular weight excluding hydrogens is 319 g/mol. The van der Waals surface area contributed by atoms with Crippen LogP contribution in [0.25, 0.3) is 0 Å². The van der Waals surface area contributed by atoms with Gasteiger partial charge >= 0.3 is 5.97 Å². The maximum Gasteiger partial charge on any atom is 0.347 e. The van der Waals surface area contributed by atoms with Crippen molar-refractivity contribution >= 4 is 51.3 Å². The molecule has 1 heterocycles. The van der Waals surface area contributed by atoms with Crippen LogP contribution in [0.2, 0.25) is 10.0 Å². The number of carboxylic acid groups (broad SMARTS) is 1. The molecule has 0 spiro atoms. The second-order valence-electron chi connectivity index (χ2n) is 4.10. The lowest BCUT2D eigenvalue weighted by molar-refractivity contribution is 0.0700. The molecule has 20 heavy (non-hydrogen) atoms. The standard InChI is InChI=1S/C13H12Cl2N2O2S/c1-2-3-10-11(12(18)19)20-13(17-10)16-9-5-4-7(14)6-8(9)15/h4-6H,2-3H2,1H3,(H,16,17)(H,18,19). The van der Waals surface area contributed by atoms with E-state index in [9.17, 15) is 4.79 Å². The minimum atomic E-state index is -0.957. The lowest BCUT2D eigenvalue weighted by atomic mass is 10.2. The number of nitrogens with zero attached hydrogens (tertiary/aromatic N) is 1. The fraction of sp³-hybridized carbons (Fsp3) is 0.231. The van der Waals surface area contributed by atoms with Crippen molar-refractivity contribution in [3.05, 3.63) is 38.8 Å². The number of hydrogen-bond acceptors (Lipinski definition) is 4. The topological polar surface area (TPSA) is 62.2 Å². The summed E-state index contributed by atoms with van der Waals surface area (Å²) in [6.45, 7) is 1.98. The predicted octanol–water partition coefficient (Wildman–Crippen LogP) is 4.84. The molecule has 0 unspecified atom stereocenters. The van der Waals surface area contributed by atoms with Crippen molar-refractivity contribution in [1.82, 2.24) is 4.98 Å². The van der Waals surface area contributed by atoms with Gasteiger partial charge in [-0.05, 0) is 24.6 Å². The second kappa shape index (κ2) is 6.43. The number of aromatic nitrogens is 1. The third-order valence-electron chi connectivity index (χ3n) is 2.55. The molecule has 2 rings (SSSR count). The summed E-state index contributed by atoms with van der Waals surface area (Å²) in [5, 5.41) is 13.7. The first-order valence-corrected chi connectivity index (χ1v) is 7.53. The zero-order valence-electron chi connectivity index (χ0n) is 10.6. The lowest BCUT2D eigenvalue weighted by Crippen LogP contribution is -1.98. The van der Waals surface area contributed by atoms with E-state index in [-0.39, 0.29) is 4.88 Å². The minimum Gasteiger partial charge on any atom is -0.477 e. The third kappa shape index (κ3) is 3.42. The fourth-order valence-electron chi connectivity index (χ4n) is 1.68.